The summed E-state index contributed by atoms with van der Waals surface area (Å²) in [6.07, 6.45) is 0. The number of hydrogen-bond acceptors (Lipinski definition) is 4. The monoisotopic (exact) mass is 458 g/mol. The number of para-hydroxylation sites is 1. The van der Waals surface area contributed by atoms with Gasteiger partial charge in [0.15, 0.2) is 5.13 Å². The first-order valence-electron chi connectivity index (χ1n) is 8.08. The van der Waals surface area contributed by atoms with Crippen molar-refractivity contribution in [3.05, 3.63) is 89.3 Å². The number of thiazole rings is 1. The molecule has 0 saturated carbocycles. The van der Waals surface area contributed by atoms with Crippen LogP contribution in [0.4, 0.5) is 10.8 Å². The molecule has 4 rings (SSSR count). The Hall–Kier alpha value is -2.34. The first kappa shape index (κ1) is 19.4. The molecule has 0 aliphatic heterocycles. The number of rotatable bonds is 5. The van der Waals surface area contributed by atoms with Gasteiger partial charge in [-0.1, -0.05) is 41.9 Å². The van der Waals surface area contributed by atoms with Crippen LogP contribution < -0.4 is 10.1 Å². The van der Waals surface area contributed by atoms with Crippen LogP contribution in [-0.2, 0) is 0 Å². The average Bonchev–Trinajstić information content (AvgIpc) is 3.13. The Bertz CT molecular complexity index is 989. The Morgan fingerprint density at radius 2 is 1.48 bits per heavy atom. The van der Waals surface area contributed by atoms with Gasteiger partial charge < -0.3 is 10.1 Å². The molecule has 6 heteroatoms. The van der Waals surface area contributed by atoms with E-state index in [2.05, 4.69) is 10.3 Å². The summed E-state index contributed by atoms with van der Waals surface area (Å²) >= 11 is 7.50. The van der Waals surface area contributed by atoms with Crippen molar-refractivity contribution in [2.45, 2.75) is 0 Å². The molecular formula is C21H16BrClN2OS. The highest BCUT2D eigenvalue weighted by molar-refractivity contribution is 8.93. The highest BCUT2D eigenvalue weighted by Gasteiger charge is 2.05. The van der Waals surface area contributed by atoms with E-state index in [0.29, 0.717) is 0 Å². The molecule has 1 aromatic heterocycles. The van der Waals surface area contributed by atoms with Crippen molar-refractivity contribution in [3.8, 4) is 22.8 Å². The molecule has 1 N–H and O–H groups in total. The normalized spacial score (nSPS) is 10.1. The van der Waals surface area contributed by atoms with Crippen LogP contribution in [0, 0.1) is 0 Å². The van der Waals surface area contributed by atoms with Gasteiger partial charge in [-0.05, 0) is 48.5 Å². The summed E-state index contributed by atoms with van der Waals surface area (Å²) in [6.45, 7) is 0. The van der Waals surface area contributed by atoms with E-state index in [1.165, 1.54) is 0 Å². The zero-order valence-electron chi connectivity index (χ0n) is 14.1. The highest BCUT2D eigenvalue weighted by Crippen LogP contribution is 2.29. The second-order valence-electron chi connectivity index (χ2n) is 5.61. The molecule has 136 valence electrons. The minimum atomic E-state index is 0. The third-order valence-corrected chi connectivity index (χ3v) is 4.74. The molecule has 0 amide bonds. The Labute approximate surface area is 177 Å². The first-order chi connectivity index (χ1) is 12.8. The van der Waals surface area contributed by atoms with Crippen molar-refractivity contribution >= 4 is 50.7 Å². The van der Waals surface area contributed by atoms with Crippen molar-refractivity contribution < 1.29 is 4.74 Å². The number of aromatic nitrogens is 1. The highest BCUT2D eigenvalue weighted by atomic mass is 79.9. The largest absolute Gasteiger partial charge is 0.457 e. The Morgan fingerprint density at radius 1 is 0.815 bits per heavy atom. The molecule has 0 spiro atoms. The molecule has 3 nitrogen and oxygen atoms in total. The molecular weight excluding hydrogens is 444 g/mol. The van der Waals surface area contributed by atoms with Crippen LogP contribution in [0.2, 0.25) is 5.02 Å². The summed E-state index contributed by atoms with van der Waals surface area (Å²) in [5.74, 6) is 1.61. The first-order valence-corrected chi connectivity index (χ1v) is 9.33. The fraction of sp³-hybridized carbons (Fsp3) is 0. The van der Waals surface area contributed by atoms with Crippen LogP contribution in [0.25, 0.3) is 11.3 Å². The molecule has 3 aromatic carbocycles. The maximum Gasteiger partial charge on any atom is 0.187 e. The standard InChI is InChI=1S/C21H15ClN2OS.BrH/c22-16-8-6-15(7-9-16)20-14-26-21(24-20)23-17-10-12-19(13-11-17)25-18-4-2-1-3-5-18;/h1-14H,(H,23,24);1H. The number of benzene rings is 3. The zero-order valence-corrected chi connectivity index (χ0v) is 17.4. The minimum absolute atomic E-state index is 0. The van der Waals surface area contributed by atoms with Crippen LogP contribution >= 0.6 is 39.9 Å². The molecule has 0 radical (unpaired) electrons. The number of ether oxygens (including phenoxy) is 1. The third kappa shape index (κ3) is 5.10. The van der Waals surface area contributed by atoms with E-state index in [1.54, 1.807) is 11.3 Å². The molecule has 0 bridgehead atoms. The lowest BCUT2D eigenvalue weighted by molar-refractivity contribution is 0.483. The van der Waals surface area contributed by atoms with E-state index >= 15 is 0 Å². The average molecular weight is 460 g/mol. The second kappa shape index (κ2) is 9.04. The van der Waals surface area contributed by atoms with E-state index in [9.17, 15) is 0 Å². The second-order valence-corrected chi connectivity index (χ2v) is 6.90. The topological polar surface area (TPSA) is 34.1 Å². The van der Waals surface area contributed by atoms with Crippen LogP contribution in [-0.4, -0.2) is 4.98 Å². The summed E-state index contributed by atoms with van der Waals surface area (Å²) in [7, 11) is 0. The lowest BCUT2D eigenvalue weighted by Gasteiger charge is -2.07. The number of anilines is 2. The minimum Gasteiger partial charge on any atom is -0.457 e. The van der Waals surface area contributed by atoms with E-state index in [4.69, 9.17) is 16.3 Å². The van der Waals surface area contributed by atoms with Gasteiger partial charge in [0.25, 0.3) is 0 Å². The Balaban J connectivity index is 0.00000210. The fourth-order valence-electron chi connectivity index (χ4n) is 2.44. The van der Waals surface area contributed by atoms with E-state index in [0.717, 1.165) is 38.6 Å². The molecule has 27 heavy (non-hydrogen) atoms. The summed E-state index contributed by atoms with van der Waals surface area (Å²) in [5, 5.41) is 6.91. The van der Waals surface area contributed by atoms with Gasteiger partial charge in [0.2, 0.25) is 0 Å². The van der Waals surface area contributed by atoms with Crippen LogP contribution in [0.15, 0.2) is 84.2 Å². The van der Waals surface area contributed by atoms with Gasteiger partial charge >= 0.3 is 0 Å². The smallest absolute Gasteiger partial charge is 0.187 e. The van der Waals surface area contributed by atoms with E-state index in [-0.39, 0.29) is 17.0 Å². The Kier molecular flexibility index (Phi) is 6.50. The third-order valence-electron chi connectivity index (χ3n) is 3.73. The predicted molar refractivity (Wildman–Crippen MR) is 119 cm³/mol. The Morgan fingerprint density at radius 3 is 2.19 bits per heavy atom. The number of nitrogens with one attached hydrogen (secondary N) is 1. The van der Waals surface area contributed by atoms with Gasteiger partial charge in [0, 0.05) is 21.7 Å². The van der Waals surface area contributed by atoms with Crippen LogP contribution in [0.3, 0.4) is 0 Å². The predicted octanol–water partition coefficient (Wildman–Crippen LogP) is 7.58. The summed E-state index contributed by atoms with van der Waals surface area (Å²) in [5.41, 5.74) is 2.94. The fourth-order valence-corrected chi connectivity index (χ4v) is 3.30. The van der Waals surface area contributed by atoms with Gasteiger partial charge in [-0.2, -0.15) is 0 Å². The number of hydrogen-bond donors (Lipinski definition) is 1. The van der Waals surface area contributed by atoms with Gasteiger partial charge in [0.05, 0.1) is 5.69 Å². The summed E-state index contributed by atoms with van der Waals surface area (Å²) < 4.78 is 5.80. The maximum absolute atomic E-state index is 5.94. The lowest BCUT2D eigenvalue weighted by atomic mass is 10.2. The van der Waals surface area contributed by atoms with Gasteiger partial charge in [0.1, 0.15) is 11.5 Å². The van der Waals surface area contributed by atoms with Gasteiger partial charge in [-0.3, -0.25) is 0 Å². The molecule has 1 heterocycles. The maximum atomic E-state index is 5.94. The summed E-state index contributed by atoms with van der Waals surface area (Å²) in [6, 6.07) is 25.2. The SMILES string of the molecule is Br.Clc1ccc(-c2csc(Nc3ccc(Oc4ccccc4)cc3)n2)cc1. The lowest BCUT2D eigenvalue weighted by Crippen LogP contribution is -1.90. The van der Waals surface area contributed by atoms with Crippen molar-refractivity contribution in [2.24, 2.45) is 0 Å². The molecule has 0 saturated heterocycles. The molecule has 0 fully saturated rings. The molecule has 0 aliphatic carbocycles. The molecule has 0 unspecified atom stereocenters. The van der Waals surface area contributed by atoms with Crippen molar-refractivity contribution in [1.82, 2.24) is 4.98 Å². The van der Waals surface area contributed by atoms with E-state index in [1.807, 2.05) is 84.2 Å². The molecule has 4 aromatic rings. The number of halogens is 2. The van der Waals surface area contributed by atoms with Crippen molar-refractivity contribution in [1.29, 1.82) is 0 Å². The number of nitrogens with zero attached hydrogens (tertiary/aromatic N) is 1. The van der Waals surface area contributed by atoms with Gasteiger partial charge in [-0.15, -0.1) is 28.3 Å². The van der Waals surface area contributed by atoms with Gasteiger partial charge in [-0.25, -0.2) is 4.98 Å². The van der Waals surface area contributed by atoms with E-state index < -0.39 is 0 Å². The summed E-state index contributed by atoms with van der Waals surface area (Å²) in [4.78, 5) is 4.63. The zero-order chi connectivity index (χ0) is 17.8. The van der Waals surface area contributed by atoms with Crippen molar-refractivity contribution in [3.63, 3.8) is 0 Å². The van der Waals surface area contributed by atoms with Crippen LogP contribution in [0.1, 0.15) is 0 Å². The van der Waals surface area contributed by atoms with Crippen LogP contribution in [0.5, 0.6) is 11.5 Å². The molecule has 0 aliphatic rings. The quantitative estimate of drug-likeness (QED) is 0.334. The molecule has 0 atom stereocenters. The van der Waals surface area contributed by atoms with Crippen molar-refractivity contribution in [2.75, 3.05) is 5.32 Å².